The van der Waals surface area contributed by atoms with Crippen molar-refractivity contribution >= 4 is 41.0 Å². The minimum atomic E-state index is -0.509. The maximum atomic E-state index is 12.1. The monoisotopic (exact) mass is 400 g/mol. The van der Waals surface area contributed by atoms with E-state index < -0.39 is 11.9 Å². The first kappa shape index (κ1) is 20.9. The summed E-state index contributed by atoms with van der Waals surface area (Å²) in [5.74, 6) is 0.217. The van der Waals surface area contributed by atoms with Crippen molar-refractivity contribution in [1.29, 1.82) is 0 Å². The molecule has 2 aromatic rings. The normalized spacial score (nSPS) is 10.2. The van der Waals surface area contributed by atoms with E-state index in [9.17, 15) is 9.59 Å². The lowest BCUT2D eigenvalue weighted by Gasteiger charge is -2.11. The molecular weight excluding hydrogens is 380 g/mol. The number of hydrogen-bond donors (Lipinski definition) is 2. The van der Waals surface area contributed by atoms with Crippen LogP contribution in [0.25, 0.3) is 6.08 Å². The van der Waals surface area contributed by atoms with Gasteiger partial charge in [-0.2, -0.15) is 0 Å². The first-order valence-electron chi connectivity index (χ1n) is 8.18. The number of ether oxygens (including phenoxy) is 3. The Balaban J connectivity index is 2.01. The standard InChI is InChI=1S/C20H20N2O5S/c1-25-16-10-8-13(12-17(16)26-2)9-11-18(23)22-20(28)21-15-7-5-4-6-14(15)19(24)27-3/h4-12H,1-3H3,(H2,21,22,23,28). The van der Waals surface area contributed by atoms with Crippen LogP contribution in [0, 0.1) is 0 Å². The Labute approximate surface area is 168 Å². The third-order valence-electron chi connectivity index (χ3n) is 3.65. The number of esters is 1. The molecule has 7 nitrogen and oxygen atoms in total. The first-order chi connectivity index (χ1) is 13.5. The van der Waals surface area contributed by atoms with Gasteiger partial charge in [-0.3, -0.25) is 10.1 Å². The molecule has 2 rings (SSSR count). The van der Waals surface area contributed by atoms with Crippen molar-refractivity contribution in [3.05, 3.63) is 59.7 Å². The second-order valence-electron chi connectivity index (χ2n) is 5.43. The van der Waals surface area contributed by atoms with Gasteiger partial charge in [-0.15, -0.1) is 0 Å². The van der Waals surface area contributed by atoms with E-state index in [4.69, 9.17) is 26.4 Å². The fraction of sp³-hybridized carbons (Fsp3) is 0.150. The van der Waals surface area contributed by atoms with E-state index in [-0.39, 0.29) is 5.11 Å². The van der Waals surface area contributed by atoms with Crippen LogP contribution in [0.3, 0.4) is 0 Å². The molecule has 0 atom stereocenters. The van der Waals surface area contributed by atoms with E-state index in [0.29, 0.717) is 22.7 Å². The maximum absolute atomic E-state index is 12.1. The summed E-state index contributed by atoms with van der Waals surface area (Å²) in [6, 6.07) is 12.0. The van der Waals surface area contributed by atoms with Gasteiger partial charge in [0.05, 0.1) is 32.6 Å². The van der Waals surface area contributed by atoms with Crippen LogP contribution in [0.4, 0.5) is 5.69 Å². The van der Waals surface area contributed by atoms with E-state index >= 15 is 0 Å². The average molecular weight is 400 g/mol. The number of para-hydroxylation sites is 1. The highest BCUT2D eigenvalue weighted by molar-refractivity contribution is 7.80. The van der Waals surface area contributed by atoms with Crippen molar-refractivity contribution < 1.29 is 23.8 Å². The number of rotatable bonds is 6. The number of nitrogens with one attached hydrogen (secondary N) is 2. The lowest BCUT2D eigenvalue weighted by atomic mass is 10.2. The molecule has 1 amide bonds. The number of amides is 1. The molecule has 0 spiro atoms. The maximum Gasteiger partial charge on any atom is 0.339 e. The Kier molecular flexibility index (Phi) is 7.53. The summed E-state index contributed by atoms with van der Waals surface area (Å²) in [5, 5.41) is 5.39. The van der Waals surface area contributed by atoms with Crippen molar-refractivity contribution in [2.24, 2.45) is 0 Å². The number of hydrogen-bond acceptors (Lipinski definition) is 6. The molecule has 0 radical (unpaired) electrons. The van der Waals surface area contributed by atoms with E-state index in [1.165, 1.54) is 20.3 Å². The lowest BCUT2D eigenvalue weighted by Crippen LogP contribution is -2.33. The van der Waals surface area contributed by atoms with Gasteiger partial charge in [0, 0.05) is 6.08 Å². The van der Waals surface area contributed by atoms with Gasteiger partial charge in [-0.25, -0.2) is 4.79 Å². The van der Waals surface area contributed by atoms with E-state index in [1.807, 2.05) is 0 Å². The molecule has 2 aromatic carbocycles. The highest BCUT2D eigenvalue weighted by atomic mass is 32.1. The highest BCUT2D eigenvalue weighted by Crippen LogP contribution is 2.27. The number of thiocarbonyl (C=S) groups is 1. The Bertz CT molecular complexity index is 911. The van der Waals surface area contributed by atoms with Gasteiger partial charge in [-0.05, 0) is 48.1 Å². The van der Waals surface area contributed by atoms with Gasteiger partial charge in [0.2, 0.25) is 5.91 Å². The summed E-state index contributed by atoms with van der Waals surface area (Å²) in [7, 11) is 4.37. The smallest absolute Gasteiger partial charge is 0.339 e. The van der Waals surface area contributed by atoms with Gasteiger partial charge in [0.25, 0.3) is 0 Å². The van der Waals surface area contributed by atoms with E-state index in [1.54, 1.807) is 55.7 Å². The molecule has 0 aliphatic carbocycles. The summed E-state index contributed by atoms with van der Waals surface area (Å²) in [5.41, 5.74) is 1.49. The number of benzene rings is 2. The summed E-state index contributed by atoms with van der Waals surface area (Å²) in [6.07, 6.45) is 2.95. The third kappa shape index (κ3) is 5.55. The largest absolute Gasteiger partial charge is 0.493 e. The summed E-state index contributed by atoms with van der Waals surface area (Å²) < 4.78 is 15.1. The Morgan fingerprint density at radius 2 is 1.71 bits per heavy atom. The Morgan fingerprint density at radius 1 is 1.00 bits per heavy atom. The molecule has 0 aliphatic heterocycles. The van der Waals surface area contributed by atoms with Gasteiger partial charge in [-0.1, -0.05) is 18.2 Å². The van der Waals surface area contributed by atoms with Crippen LogP contribution < -0.4 is 20.1 Å². The summed E-state index contributed by atoms with van der Waals surface area (Å²) >= 11 is 5.13. The predicted octanol–water partition coefficient (Wildman–Crippen LogP) is 3.02. The summed E-state index contributed by atoms with van der Waals surface area (Å²) in [4.78, 5) is 23.9. The van der Waals surface area contributed by atoms with Crippen molar-refractivity contribution in [2.75, 3.05) is 26.6 Å². The topological polar surface area (TPSA) is 85.9 Å². The van der Waals surface area contributed by atoms with Crippen LogP contribution in [0.5, 0.6) is 11.5 Å². The molecule has 0 unspecified atom stereocenters. The molecule has 28 heavy (non-hydrogen) atoms. The van der Waals surface area contributed by atoms with Crippen molar-refractivity contribution in [3.8, 4) is 11.5 Å². The van der Waals surface area contributed by atoms with Gasteiger partial charge in [0.15, 0.2) is 16.6 Å². The molecule has 0 saturated heterocycles. The van der Waals surface area contributed by atoms with Crippen LogP contribution in [0.2, 0.25) is 0 Å². The van der Waals surface area contributed by atoms with Gasteiger partial charge < -0.3 is 19.5 Å². The minimum Gasteiger partial charge on any atom is -0.493 e. The molecule has 0 aromatic heterocycles. The fourth-order valence-corrected chi connectivity index (χ4v) is 2.53. The quantitative estimate of drug-likeness (QED) is 0.438. The zero-order valence-corrected chi connectivity index (χ0v) is 16.5. The number of anilines is 1. The predicted molar refractivity (Wildman–Crippen MR) is 111 cm³/mol. The number of carbonyl (C=O) groups is 2. The highest BCUT2D eigenvalue weighted by Gasteiger charge is 2.12. The SMILES string of the molecule is COC(=O)c1ccccc1NC(=S)NC(=O)C=Cc1ccc(OC)c(OC)c1. The molecular formula is C20H20N2O5S. The zero-order valence-electron chi connectivity index (χ0n) is 15.6. The van der Waals surface area contributed by atoms with Crippen LogP contribution >= 0.6 is 12.2 Å². The first-order valence-corrected chi connectivity index (χ1v) is 8.58. The lowest BCUT2D eigenvalue weighted by molar-refractivity contribution is -0.115. The fourth-order valence-electron chi connectivity index (χ4n) is 2.32. The Morgan fingerprint density at radius 3 is 2.39 bits per heavy atom. The molecule has 2 N–H and O–H groups in total. The third-order valence-corrected chi connectivity index (χ3v) is 3.86. The van der Waals surface area contributed by atoms with Crippen LogP contribution in [0.1, 0.15) is 15.9 Å². The summed E-state index contributed by atoms with van der Waals surface area (Å²) in [6.45, 7) is 0. The Hall–Kier alpha value is -3.39. The molecule has 0 aliphatic rings. The average Bonchev–Trinajstić information content (AvgIpc) is 2.71. The van der Waals surface area contributed by atoms with Crippen LogP contribution in [-0.2, 0) is 9.53 Å². The van der Waals surface area contributed by atoms with Gasteiger partial charge >= 0.3 is 5.97 Å². The molecule has 0 heterocycles. The van der Waals surface area contributed by atoms with Crippen molar-refractivity contribution in [2.45, 2.75) is 0 Å². The minimum absolute atomic E-state index is 0.0540. The van der Waals surface area contributed by atoms with E-state index in [2.05, 4.69) is 10.6 Å². The second kappa shape index (κ2) is 10.1. The van der Waals surface area contributed by atoms with Crippen LogP contribution in [-0.4, -0.2) is 38.3 Å². The molecule has 0 saturated carbocycles. The van der Waals surface area contributed by atoms with E-state index in [0.717, 1.165) is 5.56 Å². The molecule has 8 heteroatoms. The van der Waals surface area contributed by atoms with Gasteiger partial charge in [0.1, 0.15) is 0 Å². The zero-order chi connectivity index (χ0) is 20.5. The van der Waals surface area contributed by atoms with Crippen LogP contribution in [0.15, 0.2) is 48.5 Å². The molecule has 146 valence electrons. The number of methoxy groups -OCH3 is 3. The van der Waals surface area contributed by atoms with Crippen molar-refractivity contribution in [3.63, 3.8) is 0 Å². The van der Waals surface area contributed by atoms with Crippen molar-refractivity contribution in [1.82, 2.24) is 5.32 Å². The number of carbonyl (C=O) groups excluding carboxylic acids is 2. The molecule has 0 bridgehead atoms. The second-order valence-corrected chi connectivity index (χ2v) is 5.84. The molecule has 0 fully saturated rings.